The molecule has 0 saturated heterocycles. The molecule has 1 unspecified atom stereocenters. The fraction of sp³-hybridized carbons (Fsp3) is 0.412. The van der Waals surface area contributed by atoms with E-state index in [0.717, 1.165) is 36.2 Å². The van der Waals surface area contributed by atoms with Gasteiger partial charge in [0, 0.05) is 15.8 Å². The molecular formula is C17H22FNS. The van der Waals surface area contributed by atoms with Gasteiger partial charge in [-0.25, -0.2) is 4.39 Å². The fourth-order valence-electron chi connectivity index (χ4n) is 2.29. The van der Waals surface area contributed by atoms with E-state index in [1.807, 2.05) is 6.07 Å². The third-order valence-corrected chi connectivity index (χ3v) is 4.55. The molecule has 0 spiro atoms. The smallest absolute Gasteiger partial charge is 0.123 e. The van der Waals surface area contributed by atoms with Crippen LogP contribution in [0.25, 0.3) is 10.4 Å². The van der Waals surface area contributed by atoms with Gasteiger partial charge in [-0.1, -0.05) is 32.4 Å². The van der Waals surface area contributed by atoms with Crippen LogP contribution < -0.4 is 5.32 Å². The maximum absolute atomic E-state index is 13.3. The summed E-state index contributed by atoms with van der Waals surface area (Å²) in [7, 11) is 0. The van der Waals surface area contributed by atoms with Gasteiger partial charge in [0.15, 0.2) is 0 Å². The van der Waals surface area contributed by atoms with Gasteiger partial charge in [0.25, 0.3) is 0 Å². The van der Waals surface area contributed by atoms with Gasteiger partial charge >= 0.3 is 0 Å². The summed E-state index contributed by atoms with van der Waals surface area (Å²) < 4.78 is 13.3. The molecule has 0 amide bonds. The minimum atomic E-state index is -0.174. The van der Waals surface area contributed by atoms with Crippen molar-refractivity contribution in [2.75, 3.05) is 6.54 Å². The summed E-state index contributed by atoms with van der Waals surface area (Å²) in [5.41, 5.74) is 0.965. The lowest BCUT2D eigenvalue weighted by atomic mass is 10.1. The topological polar surface area (TPSA) is 12.0 Å². The lowest BCUT2D eigenvalue weighted by Crippen LogP contribution is -2.21. The van der Waals surface area contributed by atoms with Gasteiger partial charge in [-0.2, -0.15) is 0 Å². The first-order chi connectivity index (χ1) is 9.74. The Morgan fingerprint density at radius 3 is 2.70 bits per heavy atom. The maximum atomic E-state index is 13.3. The molecule has 1 atom stereocenters. The molecule has 2 aromatic rings. The second-order valence-electron chi connectivity index (χ2n) is 5.01. The second-order valence-corrected chi connectivity index (χ2v) is 6.12. The first-order valence-electron chi connectivity index (χ1n) is 7.33. The van der Waals surface area contributed by atoms with Crippen molar-refractivity contribution in [2.45, 2.75) is 39.2 Å². The maximum Gasteiger partial charge on any atom is 0.123 e. The van der Waals surface area contributed by atoms with Crippen LogP contribution in [-0.4, -0.2) is 6.54 Å². The molecule has 20 heavy (non-hydrogen) atoms. The van der Waals surface area contributed by atoms with Crippen LogP contribution >= 0.6 is 11.3 Å². The van der Waals surface area contributed by atoms with Gasteiger partial charge in [0.1, 0.15) is 5.82 Å². The van der Waals surface area contributed by atoms with E-state index in [4.69, 9.17) is 0 Å². The normalized spacial score (nSPS) is 12.6. The van der Waals surface area contributed by atoms with E-state index in [-0.39, 0.29) is 5.82 Å². The molecule has 2 rings (SSSR count). The standard InChI is InChI=1S/C17H22FNS/c1-3-6-15(19-11-4-2)17-10-9-16(20-17)13-7-5-8-14(18)12-13/h5,7-10,12,15,19H,3-4,6,11H2,1-2H3. The summed E-state index contributed by atoms with van der Waals surface area (Å²) in [6, 6.07) is 11.5. The number of hydrogen-bond donors (Lipinski definition) is 1. The van der Waals surface area contributed by atoms with Gasteiger partial charge in [-0.3, -0.25) is 0 Å². The largest absolute Gasteiger partial charge is 0.309 e. The Morgan fingerprint density at radius 2 is 2.00 bits per heavy atom. The van der Waals surface area contributed by atoms with Crippen LogP contribution in [0.4, 0.5) is 4.39 Å². The molecule has 1 nitrogen and oxygen atoms in total. The van der Waals surface area contributed by atoms with Crippen molar-refractivity contribution >= 4 is 11.3 Å². The van der Waals surface area contributed by atoms with Crippen LogP contribution in [0.15, 0.2) is 36.4 Å². The Hall–Kier alpha value is -1.19. The van der Waals surface area contributed by atoms with E-state index >= 15 is 0 Å². The van der Waals surface area contributed by atoms with Crippen molar-refractivity contribution < 1.29 is 4.39 Å². The Labute approximate surface area is 124 Å². The van der Waals surface area contributed by atoms with Gasteiger partial charge in [-0.15, -0.1) is 11.3 Å². The zero-order valence-electron chi connectivity index (χ0n) is 12.2. The molecular weight excluding hydrogens is 269 g/mol. The van der Waals surface area contributed by atoms with Crippen molar-refractivity contribution in [2.24, 2.45) is 0 Å². The highest BCUT2D eigenvalue weighted by Crippen LogP contribution is 2.33. The van der Waals surface area contributed by atoms with Crippen molar-refractivity contribution in [1.29, 1.82) is 0 Å². The van der Waals surface area contributed by atoms with Crippen LogP contribution in [0, 0.1) is 5.82 Å². The predicted octanol–water partition coefficient (Wildman–Crippen LogP) is 5.40. The molecule has 0 fully saturated rings. The van der Waals surface area contributed by atoms with Crippen LogP contribution in [0.5, 0.6) is 0 Å². The summed E-state index contributed by atoms with van der Waals surface area (Å²) in [6.07, 6.45) is 3.44. The third kappa shape index (κ3) is 3.90. The Kier molecular flexibility index (Phi) is 5.74. The van der Waals surface area contributed by atoms with E-state index in [9.17, 15) is 4.39 Å². The number of benzene rings is 1. The van der Waals surface area contributed by atoms with Gasteiger partial charge in [0.05, 0.1) is 0 Å². The Bertz CT molecular complexity index is 535. The minimum Gasteiger partial charge on any atom is -0.309 e. The second kappa shape index (κ2) is 7.55. The number of halogens is 1. The molecule has 0 radical (unpaired) electrons. The van der Waals surface area contributed by atoms with E-state index in [2.05, 4.69) is 31.3 Å². The van der Waals surface area contributed by atoms with E-state index in [0.29, 0.717) is 6.04 Å². The van der Waals surface area contributed by atoms with Crippen molar-refractivity contribution in [3.05, 3.63) is 47.1 Å². The Balaban J connectivity index is 2.17. The SMILES string of the molecule is CCCNC(CCC)c1ccc(-c2cccc(F)c2)s1. The lowest BCUT2D eigenvalue weighted by molar-refractivity contribution is 0.501. The Morgan fingerprint density at radius 1 is 1.15 bits per heavy atom. The molecule has 1 aromatic heterocycles. The number of rotatable bonds is 7. The molecule has 108 valence electrons. The zero-order chi connectivity index (χ0) is 14.4. The summed E-state index contributed by atoms with van der Waals surface area (Å²) in [5.74, 6) is -0.174. The van der Waals surface area contributed by atoms with E-state index in [1.54, 1.807) is 23.5 Å². The highest BCUT2D eigenvalue weighted by molar-refractivity contribution is 7.15. The summed E-state index contributed by atoms with van der Waals surface area (Å²) in [5, 5.41) is 3.60. The highest BCUT2D eigenvalue weighted by Gasteiger charge is 2.13. The van der Waals surface area contributed by atoms with E-state index < -0.39 is 0 Å². The average molecular weight is 291 g/mol. The van der Waals surface area contributed by atoms with Crippen LogP contribution in [-0.2, 0) is 0 Å². The zero-order valence-corrected chi connectivity index (χ0v) is 13.0. The van der Waals surface area contributed by atoms with Crippen LogP contribution in [0.1, 0.15) is 44.0 Å². The van der Waals surface area contributed by atoms with Crippen molar-refractivity contribution in [1.82, 2.24) is 5.32 Å². The average Bonchev–Trinajstić information content (AvgIpc) is 2.93. The van der Waals surface area contributed by atoms with Crippen LogP contribution in [0.3, 0.4) is 0 Å². The van der Waals surface area contributed by atoms with Crippen molar-refractivity contribution in [3.8, 4) is 10.4 Å². The van der Waals surface area contributed by atoms with Crippen molar-refractivity contribution in [3.63, 3.8) is 0 Å². The molecule has 0 bridgehead atoms. The number of nitrogens with one attached hydrogen (secondary N) is 1. The monoisotopic (exact) mass is 291 g/mol. The number of thiophene rings is 1. The van der Waals surface area contributed by atoms with Gasteiger partial charge in [0.2, 0.25) is 0 Å². The minimum absolute atomic E-state index is 0.174. The highest BCUT2D eigenvalue weighted by atomic mass is 32.1. The third-order valence-electron chi connectivity index (χ3n) is 3.30. The summed E-state index contributed by atoms with van der Waals surface area (Å²) in [6.45, 7) is 5.43. The fourth-order valence-corrected chi connectivity index (χ4v) is 3.40. The molecule has 1 heterocycles. The molecule has 0 aliphatic heterocycles. The first kappa shape index (κ1) is 15.2. The van der Waals surface area contributed by atoms with Gasteiger partial charge in [-0.05, 0) is 49.2 Å². The predicted molar refractivity (Wildman–Crippen MR) is 85.7 cm³/mol. The lowest BCUT2D eigenvalue weighted by Gasteiger charge is -2.16. The first-order valence-corrected chi connectivity index (χ1v) is 8.15. The molecule has 0 aliphatic carbocycles. The molecule has 1 N–H and O–H groups in total. The summed E-state index contributed by atoms with van der Waals surface area (Å²) >= 11 is 1.76. The molecule has 3 heteroatoms. The van der Waals surface area contributed by atoms with Gasteiger partial charge < -0.3 is 5.32 Å². The quantitative estimate of drug-likeness (QED) is 0.720. The van der Waals surface area contributed by atoms with E-state index in [1.165, 1.54) is 10.9 Å². The molecule has 0 saturated carbocycles. The summed E-state index contributed by atoms with van der Waals surface area (Å²) in [4.78, 5) is 2.48. The van der Waals surface area contributed by atoms with Crippen LogP contribution in [0.2, 0.25) is 0 Å². The molecule has 0 aliphatic rings. The number of hydrogen-bond acceptors (Lipinski definition) is 2. The molecule has 1 aromatic carbocycles.